The van der Waals surface area contributed by atoms with Crippen molar-refractivity contribution in [2.45, 2.75) is 6.42 Å². The van der Waals surface area contributed by atoms with Crippen molar-refractivity contribution in [3.05, 3.63) is 53.7 Å². The van der Waals surface area contributed by atoms with Crippen molar-refractivity contribution in [2.75, 3.05) is 32.7 Å². The van der Waals surface area contributed by atoms with Crippen molar-refractivity contribution in [1.82, 2.24) is 10.3 Å². The SMILES string of the molecule is COCCCNC(=O)c1ccnc(Nc2ccc(C(=O)OC)cc2)c1. The number of benzene rings is 1. The monoisotopic (exact) mass is 343 g/mol. The first-order valence-electron chi connectivity index (χ1n) is 7.82. The lowest BCUT2D eigenvalue weighted by molar-refractivity contribution is 0.0600. The third-order valence-corrected chi connectivity index (χ3v) is 3.41. The predicted molar refractivity (Wildman–Crippen MR) is 94.1 cm³/mol. The lowest BCUT2D eigenvalue weighted by Gasteiger charge is -2.09. The van der Waals surface area contributed by atoms with E-state index in [1.54, 1.807) is 49.7 Å². The van der Waals surface area contributed by atoms with Crippen LogP contribution in [0.15, 0.2) is 42.6 Å². The second-order valence-electron chi connectivity index (χ2n) is 5.23. The van der Waals surface area contributed by atoms with Gasteiger partial charge in [0.25, 0.3) is 5.91 Å². The Balaban J connectivity index is 1.98. The van der Waals surface area contributed by atoms with Gasteiger partial charge in [-0.1, -0.05) is 0 Å². The summed E-state index contributed by atoms with van der Waals surface area (Å²) in [6, 6.07) is 10.1. The number of esters is 1. The number of aromatic nitrogens is 1. The summed E-state index contributed by atoms with van der Waals surface area (Å²) in [5.74, 6) is -0.0187. The molecule has 0 saturated heterocycles. The lowest BCUT2D eigenvalue weighted by Crippen LogP contribution is -2.25. The van der Waals surface area contributed by atoms with Crippen molar-refractivity contribution in [3.63, 3.8) is 0 Å². The van der Waals surface area contributed by atoms with Crippen LogP contribution in [0.3, 0.4) is 0 Å². The predicted octanol–water partition coefficient (Wildman–Crippen LogP) is 2.38. The zero-order chi connectivity index (χ0) is 18.1. The maximum absolute atomic E-state index is 12.1. The van der Waals surface area contributed by atoms with Gasteiger partial charge in [0.1, 0.15) is 5.82 Å². The molecule has 7 nitrogen and oxygen atoms in total. The molecule has 2 N–H and O–H groups in total. The molecule has 2 rings (SSSR count). The van der Waals surface area contributed by atoms with E-state index in [1.165, 1.54) is 7.11 Å². The van der Waals surface area contributed by atoms with E-state index in [0.717, 1.165) is 12.1 Å². The van der Waals surface area contributed by atoms with Crippen LogP contribution in [0.1, 0.15) is 27.1 Å². The van der Waals surface area contributed by atoms with E-state index >= 15 is 0 Å². The van der Waals surface area contributed by atoms with Crippen LogP contribution in [-0.2, 0) is 9.47 Å². The molecule has 0 atom stereocenters. The summed E-state index contributed by atoms with van der Waals surface area (Å²) < 4.78 is 9.60. The molecule has 25 heavy (non-hydrogen) atoms. The highest BCUT2D eigenvalue weighted by atomic mass is 16.5. The van der Waals surface area contributed by atoms with Gasteiger partial charge in [-0.25, -0.2) is 9.78 Å². The number of nitrogens with zero attached hydrogens (tertiary/aromatic N) is 1. The van der Waals surface area contributed by atoms with Gasteiger partial charge in [0.05, 0.1) is 12.7 Å². The molecular formula is C18H21N3O4. The van der Waals surface area contributed by atoms with Crippen molar-refractivity contribution >= 4 is 23.4 Å². The van der Waals surface area contributed by atoms with Gasteiger partial charge >= 0.3 is 5.97 Å². The number of methoxy groups -OCH3 is 2. The van der Waals surface area contributed by atoms with Crippen LogP contribution in [0, 0.1) is 0 Å². The van der Waals surface area contributed by atoms with E-state index in [0.29, 0.717) is 30.1 Å². The van der Waals surface area contributed by atoms with Gasteiger partial charge in [-0.15, -0.1) is 0 Å². The molecule has 0 aliphatic carbocycles. The highest BCUT2D eigenvalue weighted by Crippen LogP contribution is 2.16. The molecule has 1 aromatic heterocycles. The van der Waals surface area contributed by atoms with Crippen LogP contribution in [0.4, 0.5) is 11.5 Å². The number of hydrogen-bond acceptors (Lipinski definition) is 6. The maximum Gasteiger partial charge on any atom is 0.337 e. The van der Waals surface area contributed by atoms with Gasteiger partial charge in [0.15, 0.2) is 0 Å². The molecule has 0 saturated carbocycles. The molecule has 2 aromatic rings. The highest BCUT2D eigenvalue weighted by molar-refractivity contribution is 5.95. The smallest absolute Gasteiger partial charge is 0.337 e. The van der Waals surface area contributed by atoms with Gasteiger partial charge in [0, 0.05) is 37.7 Å². The Labute approximate surface area is 146 Å². The third-order valence-electron chi connectivity index (χ3n) is 3.41. The number of rotatable bonds is 8. The van der Waals surface area contributed by atoms with Crippen molar-refractivity contribution < 1.29 is 19.1 Å². The molecule has 1 heterocycles. The number of nitrogens with one attached hydrogen (secondary N) is 2. The number of anilines is 2. The van der Waals surface area contributed by atoms with Crippen molar-refractivity contribution in [1.29, 1.82) is 0 Å². The summed E-state index contributed by atoms with van der Waals surface area (Å²) in [6.07, 6.45) is 2.32. The Kier molecular flexibility index (Phi) is 6.91. The fourth-order valence-electron chi connectivity index (χ4n) is 2.12. The van der Waals surface area contributed by atoms with Gasteiger partial charge in [-0.05, 0) is 42.8 Å². The van der Waals surface area contributed by atoms with Gasteiger partial charge in [-0.2, -0.15) is 0 Å². The van der Waals surface area contributed by atoms with Gasteiger partial charge in [0.2, 0.25) is 0 Å². The normalized spacial score (nSPS) is 10.2. The maximum atomic E-state index is 12.1. The summed E-state index contributed by atoms with van der Waals surface area (Å²) in [6.45, 7) is 1.15. The summed E-state index contributed by atoms with van der Waals surface area (Å²) in [7, 11) is 2.96. The number of carbonyl (C=O) groups is 2. The van der Waals surface area contributed by atoms with Crippen LogP contribution >= 0.6 is 0 Å². The minimum atomic E-state index is -0.392. The molecule has 0 aliphatic rings. The number of hydrogen-bond donors (Lipinski definition) is 2. The Hall–Kier alpha value is -2.93. The second-order valence-corrected chi connectivity index (χ2v) is 5.23. The number of pyridine rings is 1. The summed E-state index contributed by atoms with van der Waals surface area (Å²) in [5.41, 5.74) is 1.73. The highest BCUT2D eigenvalue weighted by Gasteiger charge is 2.08. The second kappa shape index (κ2) is 9.39. The standard InChI is InChI=1S/C18H21N3O4/c1-24-11-3-9-20-17(22)14-8-10-19-16(12-14)21-15-6-4-13(5-7-15)18(23)25-2/h4-8,10,12H,3,9,11H2,1-2H3,(H,19,21)(H,20,22). The molecule has 0 spiro atoms. The largest absolute Gasteiger partial charge is 0.465 e. The van der Waals surface area contributed by atoms with E-state index < -0.39 is 5.97 Å². The zero-order valence-electron chi connectivity index (χ0n) is 14.2. The van der Waals surface area contributed by atoms with Crippen LogP contribution in [0.25, 0.3) is 0 Å². The van der Waals surface area contributed by atoms with Crippen molar-refractivity contribution in [2.24, 2.45) is 0 Å². The van der Waals surface area contributed by atoms with E-state index in [2.05, 4.69) is 20.4 Å². The molecule has 0 unspecified atom stereocenters. The van der Waals surface area contributed by atoms with Crippen LogP contribution < -0.4 is 10.6 Å². The topological polar surface area (TPSA) is 89.5 Å². The first-order valence-corrected chi connectivity index (χ1v) is 7.82. The minimum Gasteiger partial charge on any atom is -0.465 e. The first kappa shape index (κ1) is 18.4. The fourth-order valence-corrected chi connectivity index (χ4v) is 2.12. The zero-order valence-corrected chi connectivity index (χ0v) is 14.2. The Morgan fingerprint density at radius 2 is 1.84 bits per heavy atom. The summed E-state index contributed by atoms with van der Waals surface area (Å²) in [4.78, 5) is 27.7. The quantitative estimate of drug-likeness (QED) is 0.565. The Bertz CT molecular complexity index is 717. The Morgan fingerprint density at radius 3 is 2.52 bits per heavy atom. The molecule has 0 fully saturated rings. The molecule has 0 radical (unpaired) electrons. The third kappa shape index (κ3) is 5.58. The average molecular weight is 343 g/mol. The molecule has 1 amide bonds. The molecule has 0 bridgehead atoms. The van der Waals surface area contributed by atoms with E-state index in [9.17, 15) is 9.59 Å². The van der Waals surface area contributed by atoms with Gasteiger partial charge in [-0.3, -0.25) is 4.79 Å². The number of amides is 1. The molecule has 7 heteroatoms. The van der Waals surface area contributed by atoms with Crippen LogP contribution in [0.2, 0.25) is 0 Å². The average Bonchev–Trinajstić information content (AvgIpc) is 2.65. The number of carbonyl (C=O) groups excluding carboxylic acids is 2. The minimum absolute atomic E-state index is 0.164. The number of ether oxygens (including phenoxy) is 2. The van der Waals surface area contributed by atoms with Crippen LogP contribution in [-0.4, -0.2) is 44.2 Å². The summed E-state index contributed by atoms with van der Waals surface area (Å²) in [5, 5.41) is 5.92. The molecular weight excluding hydrogens is 322 g/mol. The molecule has 132 valence electrons. The van der Waals surface area contributed by atoms with E-state index in [1.807, 2.05) is 0 Å². The van der Waals surface area contributed by atoms with Crippen LogP contribution in [0.5, 0.6) is 0 Å². The first-order chi connectivity index (χ1) is 12.1. The van der Waals surface area contributed by atoms with E-state index in [-0.39, 0.29) is 5.91 Å². The van der Waals surface area contributed by atoms with Crippen molar-refractivity contribution in [3.8, 4) is 0 Å². The molecule has 0 aliphatic heterocycles. The lowest BCUT2D eigenvalue weighted by atomic mass is 10.2. The fraction of sp³-hybridized carbons (Fsp3) is 0.278. The van der Waals surface area contributed by atoms with Gasteiger partial charge < -0.3 is 20.1 Å². The van der Waals surface area contributed by atoms with E-state index in [4.69, 9.17) is 4.74 Å². The summed E-state index contributed by atoms with van der Waals surface area (Å²) >= 11 is 0. The Morgan fingerprint density at radius 1 is 1.08 bits per heavy atom. The molecule has 1 aromatic carbocycles.